The van der Waals surface area contributed by atoms with Crippen LogP contribution in [-0.2, 0) is 21.1 Å². The van der Waals surface area contributed by atoms with Crippen LogP contribution in [0.1, 0.15) is 11.1 Å². The fourth-order valence-corrected chi connectivity index (χ4v) is 6.22. The molecule has 2 aliphatic rings. The third kappa shape index (κ3) is 4.09. The molecule has 0 amide bonds. The Bertz CT molecular complexity index is 1830. The van der Waals surface area contributed by atoms with Crippen molar-refractivity contribution < 1.29 is 21.1 Å². The molecule has 2 aliphatic heterocycles. The summed E-state index contributed by atoms with van der Waals surface area (Å²) >= 11 is 0. The molecule has 5 heteroatoms. The molecule has 0 spiro atoms. The van der Waals surface area contributed by atoms with Crippen molar-refractivity contribution in [1.82, 2.24) is 9.97 Å². The first-order chi connectivity index (χ1) is 19.7. The van der Waals surface area contributed by atoms with Crippen LogP contribution < -0.4 is 15.7 Å². The van der Waals surface area contributed by atoms with Crippen molar-refractivity contribution in [2.75, 3.05) is 4.81 Å². The fraction of sp³-hybridized carbons (Fsp3) is 0.0556. The van der Waals surface area contributed by atoms with Crippen molar-refractivity contribution in [3.05, 3.63) is 133 Å². The second kappa shape index (κ2) is 9.98. The zero-order chi connectivity index (χ0) is 26.8. The van der Waals surface area contributed by atoms with Crippen LogP contribution in [-0.4, -0.2) is 16.8 Å². The van der Waals surface area contributed by atoms with E-state index in [1.54, 1.807) is 0 Å². The summed E-state index contributed by atoms with van der Waals surface area (Å²) in [5.74, 6) is 0. The van der Waals surface area contributed by atoms with E-state index >= 15 is 0 Å². The summed E-state index contributed by atoms with van der Waals surface area (Å²) < 4.78 is 0. The van der Waals surface area contributed by atoms with E-state index in [2.05, 4.69) is 126 Å². The van der Waals surface area contributed by atoms with E-state index in [0.717, 1.165) is 33.9 Å². The van der Waals surface area contributed by atoms with Crippen LogP contribution in [0.5, 0.6) is 0 Å². The number of aryl methyl sites for hydroxylation is 2. The van der Waals surface area contributed by atoms with Gasteiger partial charge in [-0.3, -0.25) is 0 Å². The Balaban J connectivity index is 0.00000276. The molecule has 4 aromatic carbocycles. The summed E-state index contributed by atoms with van der Waals surface area (Å²) in [6.07, 6.45) is 3.74. The SMILES string of the molecule is Cc1ccnc(-c2[c-]c3c(cc2)-c2ccccc2B2c4ccccc4-c4ccc(-c5cc(C)ccn5)[c-]c4N23)c1.[Pt+2]. The van der Waals surface area contributed by atoms with Gasteiger partial charge in [-0.25, -0.2) is 0 Å². The van der Waals surface area contributed by atoms with Gasteiger partial charge in [-0.15, -0.1) is 47.5 Å². The number of rotatable bonds is 2. The van der Waals surface area contributed by atoms with E-state index in [1.165, 1.54) is 44.3 Å². The molecule has 0 N–H and O–H groups in total. The van der Waals surface area contributed by atoms with E-state index in [1.807, 2.05) is 24.5 Å². The first kappa shape index (κ1) is 25.7. The summed E-state index contributed by atoms with van der Waals surface area (Å²) in [6.45, 7) is 4.20. The summed E-state index contributed by atoms with van der Waals surface area (Å²) in [7, 11) is 0. The molecule has 8 rings (SSSR count). The largest absolute Gasteiger partial charge is 2.00 e. The Labute approximate surface area is 255 Å². The Morgan fingerprint density at radius 1 is 0.561 bits per heavy atom. The molecule has 0 aliphatic carbocycles. The molecule has 6 aromatic rings. The smallest absolute Gasteiger partial charge is 0.407 e. The molecular formula is C36H24BN3Pt. The van der Waals surface area contributed by atoms with Gasteiger partial charge in [0.15, 0.2) is 0 Å². The van der Waals surface area contributed by atoms with Crippen LogP contribution >= 0.6 is 0 Å². The van der Waals surface area contributed by atoms with Gasteiger partial charge in [0.05, 0.1) is 0 Å². The quantitative estimate of drug-likeness (QED) is 0.145. The van der Waals surface area contributed by atoms with Gasteiger partial charge in [-0.05, 0) is 37.4 Å². The van der Waals surface area contributed by atoms with Crippen molar-refractivity contribution in [1.29, 1.82) is 0 Å². The van der Waals surface area contributed by atoms with Gasteiger partial charge < -0.3 is 14.8 Å². The number of hydrogen-bond acceptors (Lipinski definition) is 3. The Hall–Kier alpha value is -4.27. The standard InChI is InChI=1S/C36H24BN3.Pt/c1-23-15-17-38-33(19-23)25-11-13-29-27-7-3-5-9-31(27)37-32-10-6-4-8-28(32)30-14-12-26(34-20-24(2)16-18-39-34)22-36(30)40(37)35(29)21-25;/h3-20H,1-2H3;/q-2;+2. The molecule has 41 heavy (non-hydrogen) atoms. The minimum atomic E-state index is 0. The number of benzene rings is 4. The van der Waals surface area contributed by atoms with Gasteiger partial charge in [0.1, 0.15) is 0 Å². The van der Waals surface area contributed by atoms with Crippen molar-refractivity contribution in [3.8, 4) is 44.8 Å². The van der Waals surface area contributed by atoms with Gasteiger partial charge in [-0.2, -0.15) is 0 Å². The summed E-state index contributed by atoms with van der Waals surface area (Å²) in [4.78, 5) is 11.8. The molecule has 0 radical (unpaired) electrons. The van der Waals surface area contributed by atoms with Crippen LogP contribution in [0.25, 0.3) is 44.8 Å². The molecular weight excluding hydrogens is 680 g/mol. The van der Waals surface area contributed by atoms with E-state index in [9.17, 15) is 0 Å². The molecule has 0 saturated heterocycles. The molecule has 0 bridgehead atoms. The first-order valence-corrected chi connectivity index (χ1v) is 13.6. The number of nitrogens with zero attached hydrogens (tertiary/aromatic N) is 3. The molecule has 0 unspecified atom stereocenters. The van der Waals surface area contributed by atoms with Crippen LogP contribution in [0.2, 0.25) is 0 Å². The summed E-state index contributed by atoms with van der Waals surface area (Å²) in [5.41, 5.74) is 15.7. The third-order valence-corrected chi connectivity index (χ3v) is 8.06. The van der Waals surface area contributed by atoms with Crippen molar-refractivity contribution in [2.24, 2.45) is 0 Å². The monoisotopic (exact) mass is 704 g/mol. The van der Waals surface area contributed by atoms with Crippen LogP contribution in [0.15, 0.2) is 109 Å². The Morgan fingerprint density at radius 3 is 1.49 bits per heavy atom. The number of fused-ring (bicyclic) bond motifs is 11. The summed E-state index contributed by atoms with van der Waals surface area (Å²) in [6, 6.07) is 42.2. The van der Waals surface area contributed by atoms with E-state index in [0.29, 0.717) is 0 Å². The molecule has 4 heterocycles. The molecule has 3 nitrogen and oxygen atoms in total. The Morgan fingerprint density at radius 2 is 1.02 bits per heavy atom. The van der Waals surface area contributed by atoms with Gasteiger partial charge in [0.25, 0.3) is 0 Å². The van der Waals surface area contributed by atoms with E-state index in [-0.39, 0.29) is 27.9 Å². The van der Waals surface area contributed by atoms with E-state index < -0.39 is 0 Å². The zero-order valence-corrected chi connectivity index (χ0v) is 24.9. The first-order valence-electron chi connectivity index (χ1n) is 13.6. The number of hydrogen-bond donors (Lipinski definition) is 0. The molecule has 196 valence electrons. The molecule has 0 atom stereocenters. The predicted molar refractivity (Wildman–Crippen MR) is 165 cm³/mol. The normalized spacial score (nSPS) is 12.3. The van der Waals surface area contributed by atoms with Gasteiger partial charge >= 0.3 is 27.9 Å². The van der Waals surface area contributed by atoms with Gasteiger partial charge in [0.2, 0.25) is 0 Å². The number of anilines is 2. The maximum absolute atomic E-state index is 4.68. The van der Waals surface area contributed by atoms with Crippen LogP contribution in [0.4, 0.5) is 11.4 Å². The van der Waals surface area contributed by atoms with Crippen molar-refractivity contribution >= 4 is 29.1 Å². The minimum Gasteiger partial charge on any atom is -0.407 e. The average molecular weight is 704 g/mol. The predicted octanol–water partition coefficient (Wildman–Crippen LogP) is 6.93. The van der Waals surface area contributed by atoms with Crippen molar-refractivity contribution in [2.45, 2.75) is 13.8 Å². The maximum Gasteiger partial charge on any atom is 2.00 e. The topological polar surface area (TPSA) is 29.0 Å². The number of aromatic nitrogens is 2. The number of pyridine rings is 2. The second-order valence-corrected chi connectivity index (χ2v) is 10.7. The maximum atomic E-state index is 4.68. The average Bonchev–Trinajstić information content (AvgIpc) is 3.00. The zero-order valence-electron chi connectivity index (χ0n) is 22.6. The van der Waals surface area contributed by atoms with Gasteiger partial charge in [0, 0.05) is 12.4 Å². The molecule has 0 fully saturated rings. The van der Waals surface area contributed by atoms with Crippen LogP contribution in [0, 0.1) is 26.0 Å². The minimum absolute atomic E-state index is 0. The summed E-state index contributed by atoms with van der Waals surface area (Å²) in [5, 5.41) is 0. The Kier molecular flexibility index (Phi) is 6.25. The van der Waals surface area contributed by atoms with Crippen LogP contribution in [0.3, 0.4) is 0 Å². The van der Waals surface area contributed by atoms with Crippen molar-refractivity contribution in [3.63, 3.8) is 0 Å². The van der Waals surface area contributed by atoms with E-state index in [4.69, 9.17) is 0 Å². The fourth-order valence-electron chi connectivity index (χ4n) is 6.22. The molecule has 2 aromatic heterocycles. The third-order valence-electron chi connectivity index (χ3n) is 8.06. The van der Waals surface area contributed by atoms with Gasteiger partial charge in [-0.1, -0.05) is 116 Å². The second-order valence-electron chi connectivity index (χ2n) is 10.7. The molecule has 0 saturated carbocycles.